The maximum absolute atomic E-state index is 5.87. The molecular weight excluding hydrogens is 334 g/mol. The van der Waals surface area contributed by atoms with Gasteiger partial charge in [0, 0.05) is 22.1 Å². The highest BCUT2D eigenvalue weighted by Gasteiger charge is 2.07. The maximum atomic E-state index is 5.87. The van der Waals surface area contributed by atoms with Crippen LogP contribution < -0.4 is 19.9 Å². The second kappa shape index (κ2) is 7.33. The topological polar surface area (TPSA) is 53.7 Å². The van der Waals surface area contributed by atoms with E-state index in [1.807, 2.05) is 36.4 Å². The largest absolute Gasteiger partial charge is 0.497 e. The van der Waals surface area contributed by atoms with E-state index in [9.17, 15) is 0 Å². The highest BCUT2D eigenvalue weighted by Crippen LogP contribution is 2.27. The van der Waals surface area contributed by atoms with Crippen molar-refractivity contribution in [3.63, 3.8) is 0 Å². The van der Waals surface area contributed by atoms with Crippen LogP contribution in [0.2, 0.25) is 0 Å². The molecule has 0 aliphatic rings. The van der Waals surface area contributed by atoms with E-state index < -0.39 is 0 Å². The molecule has 0 aliphatic heterocycles. The van der Waals surface area contributed by atoms with Gasteiger partial charge in [-0.05, 0) is 36.4 Å². The third-order valence-electron chi connectivity index (χ3n) is 3.12. The number of hydrogen-bond donors (Lipinski definition) is 1. The van der Waals surface area contributed by atoms with Crippen LogP contribution in [0, 0.1) is 0 Å². The molecule has 0 amide bonds. The maximum Gasteiger partial charge on any atom is 0.124 e. The molecule has 4 nitrogen and oxygen atoms in total. The summed E-state index contributed by atoms with van der Waals surface area (Å²) >= 11 is 3.51. The zero-order valence-corrected chi connectivity index (χ0v) is 13.6. The molecule has 0 spiro atoms. The fourth-order valence-electron chi connectivity index (χ4n) is 1.93. The molecule has 2 aromatic rings. The van der Waals surface area contributed by atoms with Crippen LogP contribution in [0.25, 0.3) is 0 Å². The lowest BCUT2D eigenvalue weighted by Crippen LogP contribution is -2.04. The van der Waals surface area contributed by atoms with Gasteiger partial charge >= 0.3 is 0 Å². The zero-order chi connectivity index (χ0) is 15.2. The first-order valence-corrected chi connectivity index (χ1v) is 7.29. The standard InChI is InChI=1S/C16H18BrNO3/c1-19-13-3-5-15(17)12(8-13)10-21-16-6-4-14(20-2)7-11(16)9-18/h3-8H,9-10,18H2,1-2H3. The quantitative estimate of drug-likeness (QED) is 0.865. The Kier molecular flexibility index (Phi) is 5.47. The Hall–Kier alpha value is -1.72. The summed E-state index contributed by atoms with van der Waals surface area (Å²) in [5.74, 6) is 2.32. The average molecular weight is 352 g/mol. The number of nitrogens with two attached hydrogens (primary N) is 1. The van der Waals surface area contributed by atoms with Crippen LogP contribution in [-0.4, -0.2) is 14.2 Å². The smallest absolute Gasteiger partial charge is 0.124 e. The fourth-order valence-corrected chi connectivity index (χ4v) is 2.29. The molecule has 5 heteroatoms. The van der Waals surface area contributed by atoms with Crippen molar-refractivity contribution in [3.05, 3.63) is 52.0 Å². The summed E-state index contributed by atoms with van der Waals surface area (Å²) in [6.45, 7) is 0.822. The van der Waals surface area contributed by atoms with E-state index in [0.717, 1.165) is 32.8 Å². The van der Waals surface area contributed by atoms with Crippen LogP contribution in [0.15, 0.2) is 40.9 Å². The molecule has 2 rings (SSSR count). The van der Waals surface area contributed by atoms with Gasteiger partial charge in [-0.25, -0.2) is 0 Å². The van der Waals surface area contributed by atoms with Gasteiger partial charge in [0.15, 0.2) is 0 Å². The summed E-state index contributed by atoms with van der Waals surface area (Å²) < 4.78 is 17.3. The third-order valence-corrected chi connectivity index (χ3v) is 3.90. The Morgan fingerprint density at radius 1 is 0.952 bits per heavy atom. The molecule has 112 valence electrons. The van der Waals surface area contributed by atoms with Gasteiger partial charge in [0.25, 0.3) is 0 Å². The number of benzene rings is 2. The molecule has 21 heavy (non-hydrogen) atoms. The predicted octanol–water partition coefficient (Wildman–Crippen LogP) is 3.50. The number of rotatable bonds is 6. The number of halogens is 1. The Morgan fingerprint density at radius 2 is 1.57 bits per heavy atom. The number of ether oxygens (including phenoxy) is 3. The van der Waals surface area contributed by atoms with Crippen LogP contribution in [0.4, 0.5) is 0 Å². The minimum absolute atomic E-state index is 0.395. The normalized spacial score (nSPS) is 10.3. The van der Waals surface area contributed by atoms with Crippen molar-refractivity contribution in [3.8, 4) is 17.2 Å². The molecule has 0 saturated carbocycles. The molecule has 0 unspecified atom stereocenters. The summed E-state index contributed by atoms with van der Waals surface area (Å²) in [4.78, 5) is 0. The van der Waals surface area contributed by atoms with Crippen LogP contribution in [-0.2, 0) is 13.2 Å². The molecular formula is C16H18BrNO3. The lowest BCUT2D eigenvalue weighted by Gasteiger charge is -2.13. The monoisotopic (exact) mass is 351 g/mol. The minimum atomic E-state index is 0.395. The highest BCUT2D eigenvalue weighted by molar-refractivity contribution is 9.10. The average Bonchev–Trinajstić information content (AvgIpc) is 2.54. The lowest BCUT2D eigenvalue weighted by atomic mass is 10.2. The summed E-state index contributed by atoms with van der Waals surface area (Å²) in [5, 5.41) is 0. The van der Waals surface area contributed by atoms with Crippen molar-refractivity contribution in [2.45, 2.75) is 13.2 Å². The van der Waals surface area contributed by atoms with Crippen LogP contribution >= 0.6 is 15.9 Å². The van der Waals surface area contributed by atoms with E-state index in [2.05, 4.69) is 15.9 Å². The van der Waals surface area contributed by atoms with E-state index >= 15 is 0 Å². The van der Waals surface area contributed by atoms with Gasteiger partial charge in [-0.15, -0.1) is 0 Å². The summed E-state index contributed by atoms with van der Waals surface area (Å²) in [7, 11) is 3.27. The zero-order valence-electron chi connectivity index (χ0n) is 12.1. The molecule has 2 N–H and O–H groups in total. The Balaban J connectivity index is 2.16. The second-order valence-corrected chi connectivity index (χ2v) is 5.28. The van der Waals surface area contributed by atoms with Crippen molar-refractivity contribution < 1.29 is 14.2 Å². The van der Waals surface area contributed by atoms with Crippen LogP contribution in [0.1, 0.15) is 11.1 Å². The van der Waals surface area contributed by atoms with Gasteiger partial charge in [-0.1, -0.05) is 15.9 Å². The number of hydrogen-bond acceptors (Lipinski definition) is 4. The predicted molar refractivity (Wildman–Crippen MR) is 85.9 cm³/mol. The minimum Gasteiger partial charge on any atom is -0.497 e. The second-order valence-electron chi connectivity index (χ2n) is 4.42. The first-order chi connectivity index (χ1) is 10.2. The van der Waals surface area contributed by atoms with E-state index in [1.165, 1.54) is 0 Å². The van der Waals surface area contributed by atoms with Gasteiger partial charge in [0.05, 0.1) is 14.2 Å². The van der Waals surface area contributed by atoms with E-state index in [1.54, 1.807) is 14.2 Å². The fraction of sp³-hybridized carbons (Fsp3) is 0.250. The molecule has 0 aliphatic carbocycles. The molecule has 0 bridgehead atoms. The van der Waals surface area contributed by atoms with Crippen LogP contribution in [0.5, 0.6) is 17.2 Å². The molecule has 0 radical (unpaired) electrons. The Bertz CT molecular complexity index is 616. The first kappa shape index (κ1) is 15.7. The number of methoxy groups -OCH3 is 2. The SMILES string of the molecule is COc1ccc(Br)c(COc2ccc(OC)cc2CN)c1. The van der Waals surface area contributed by atoms with Crippen molar-refractivity contribution in [2.75, 3.05) is 14.2 Å². The van der Waals surface area contributed by atoms with Gasteiger partial charge in [0.2, 0.25) is 0 Å². The van der Waals surface area contributed by atoms with E-state index in [-0.39, 0.29) is 0 Å². The van der Waals surface area contributed by atoms with Gasteiger partial charge in [0.1, 0.15) is 23.9 Å². The van der Waals surface area contributed by atoms with Gasteiger partial charge < -0.3 is 19.9 Å². The molecule has 0 fully saturated rings. The first-order valence-electron chi connectivity index (χ1n) is 6.50. The van der Waals surface area contributed by atoms with Crippen molar-refractivity contribution in [1.29, 1.82) is 0 Å². The molecule has 0 saturated heterocycles. The van der Waals surface area contributed by atoms with Crippen molar-refractivity contribution in [1.82, 2.24) is 0 Å². The van der Waals surface area contributed by atoms with Gasteiger partial charge in [-0.3, -0.25) is 0 Å². The summed E-state index contributed by atoms with van der Waals surface area (Å²) in [6, 6.07) is 11.4. The summed E-state index contributed by atoms with van der Waals surface area (Å²) in [5.41, 5.74) is 7.67. The molecule has 2 aromatic carbocycles. The van der Waals surface area contributed by atoms with Crippen molar-refractivity contribution >= 4 is 15.9 Å². The highest BCUT2D eigenvalue weighted by atomic mass is 79.9. The third kappa shape index (κ3) is 3.89. The van der Waals surface area contributed by atoms with E-state index in [0.29, 0.717) is 13.2 Å². The van der Waals surface area contributed by atoms with Crippen LogP contribution in [0.3, 0.4) is 0 Å². The molecule has 0 heterocycles. The van der Waals surface area contributed by atoms with Gasteiger partial charge in [-0.2, -0.15) is 0 Å². The Labute approximate surface area is 132 Å². The summed E-state index contributed by atoms with van der Waals surface area (Å²) in [6.07, 6.45) is 0. The molecule has 0 aromatic heterocycles. The van der Waals surface area contributed by atoms with E-state index in [4.69, 9.17) is 19.9 Å². The molecule has 0 atom stereocenters. The van der Waals surface area contributed by atoms with Crippen molar-refractivity contribution in [2.24, 2.45) is 5.73 Å². The Morgan fingerprint density at radius 3 is 2.19 bits per heavy atom. The lowest BCUT2D eigenvalue weighted by molar-refractivity contribution is 0.300.